The van der Waals surface area contributed by atoms with Gasteiger partial charge in [0.05, 0.1) is 12.8 Å². The van der Waals surface area contributed by atoms with Crippen molar-refractivity contribution in [1.29, 1.82) is 0 Å². The van der Waals surface area contributed by atoms with Crippen molar-refractivity contribution in [2.24, 2.45) is 10.2 Å². The van der Waals surface area contributed by atoms with Crippen LogP contribution in [0.25, 0.3) is 0 Å². The topological polar surface area (TPSA) is 68.1 Å². The molecule has 0 saturated heterocycles. The molecule has 1 aromatic carbocycles. The number of benzene rings is 1. The Kier molecular flexibility index (Phi) is 4.32. The predicted molar refractivity (Wildman–Crippen MR) is 57.4 cm³/mol. The molecule has 1 atom stereocenters. The first-order valence-electron chi connectivity index (χ1n) is 4.69. The van der Waals surface area contributed by atoms with Crippen molar-refractivity contribution in [3.63, 3.8) is 0 Å². The van der Waals surface area contributed by atoms with Crippen molar-refractivity contribution >= 4 is 17.4 Å². The average Bonchev–Trinajstić information content (AvgIpc) is 2.30. The van der Waals surface area contributed by atoms with E-state index in [9.17, 15) is 9.59 Å². The van der Waals surface area contributed by atoms with Gasteiger partial charge in [0.1, 0.15) is 0 Å². The number of Topliss-reactive ketones (excluding diaryl/α,β-unsaturated/α-hetero) is 1. The zero-order valence-corrected chi connectivity index (χ0v) is 9.08. The van der Waals surface area contributed by atoms with Crippen LogP contribution in [-0.2, 0) is 14.3 Å². The number of ketones is 1. The molecule has 0 aliphatic carbocycles. The quantitative estimate of drug-likeness (QED) is 0.442. The Morgan fingerprint density at radius 2 is 1.88 bits per heavy atom. The van der Waals surface area contributed by atoms with E-state index >= 15 is 0 Å². The van der Waals surface area contributed by atoms with Crippen LogP contribution in [0.3, 0.4) is 0 Å². The van der Waals surface area contributed by atoms with Gasteiger partial charge in [0.15, 0.2) is 5.78 Å². The van der Waals surface area contributed by atoms with Crippen LogP contribution in [0.15, 0.2) is 40.6 Å². The fraction of sp³-hybridized carbons (Fsp3) is 0.273. The Labute approximate surface area is 93.1 Å². The molecule has 0 radical (unpaired) electrons. The van der Waals surface area contributed by atoms with Gasteiger partial charge in [-0.1, -0.05) is 18.2 Å². The maximum absolute atomic E-state index is 11.2. The first kappa shape index (κ1) is 12.0. The van der Waals surface area contributed by atoms with Crippen LogP contribution in [0.1, 0.15) is 6.92 Å². The van der Waals surface area contributed by atoms with Gasteiger partial charge < -0.3 is 4.74 Å². The van der Waals surface area contributed by atoms with E-state index in [1.807, 2.05) is 6.07 Å². The fourth-order valence-electron chi connectivity index (χ4n) is 1.03. The number of rotatable bonds is 4. The monoisotopic (exact) mass is 220 g/mol. The molecule has 16 heavy (non-hydrogen) atoms. The van der Waals surface area contributed by atoms with Crippen molar-refractivity contribution in [3.05, 3.63) is 30.3 Å². The predicted octanol–water partition coefficient (Wildman–Crippen LogP) is 1.90. The molecule has 1 rings (SSSR count). The van der Waals surface area contributed by atoms with Gasteiger partial charge in [-0.25, -0.2) is 4.79 Å². The molecule has 0 bridgehead atoms. The van der Waals surface area contributed by atoms with Crippen LogP contribution in [-0.4, -0.2) is 24.9 Å². The van der Waals surface area contributed by atoms with Gasteiger partial charge in [-0.15, -0.1) is 0 Å². The summed E-state index contributed by atoms with van der Waals surface area (Å²) in [4.78, 5) is 22.3. The van der Waals surface area contributed by atoms with Crippen LogP contribution in [0.4, 0.5) is 5.69 Å². The lowest BCUT2D eigenvalue weighted by molar-refractivity contribution is -0.144. The van der Waals surface area contributed by atoms with Gasteiger partial charge in [0, 0.05) is 0 Å². The third-order valence-electron chi connectivity index (χ3n) is 1.85. The lowest BCUT2D eigenvalue weighted by atomic mass is 10.2. The van der Waals surface area contributed by atoms with Gasteiger partial charge in [0.25, 0.3) is 0 Å². The molecule has 0 spiro atoms. The Balaban J connectivity index is 2.80. The van der Waals surface area contributed by atoms with Crippen LogP contribution >= 0.6 is 0 Å². The summed E-state index contributed by atoms with van der Waals surface area (Å²) in [5.41, 5.74) is 0.581. The van der Waals surface area contributed by atoms with E-state index < -0.39 is 17.8 Å². The summed E-state index contributed by atoms with van der Waals surface area (Å²) in [6.07, 6.45) is 0. The van der Waals surface area contributed by atoms with Gasteiger partial charge in [-0.3, -0.25) is 4.79 Å². The average molecular weight is 220 g/mol. The van der Waals surface area contributed by atoms with Crippen molar-refractivity contribution in [2.75, 3.05) is 7.11 Å². The smallest absolute Gasteiger partial charge is 0.340 e. The number of carbonyl (C=O) groups excluding carboxylic acids is 2. The highest BCUT2D eigenvalue weighted by Crippen LogP contribution is 2.11. The SMILES string of the molecule is COC(=O)[C@@H](N=Nc1ccccc1)C(C)=O. The molecule has 0 saturated carbocycles. The van der Waals surface area contributed by atoms with Gasteiger partial charge >= 0.3 is 5.97 Å². The number of ether oxygens (including phenoxy) is 1. The summed E-state index contributed by atoms with van der Waals surface area (Å²) in [6, 6.07) is 7.67. The maximum atomic E-state index is 11.2. The molecule has 5 heteroatoms. The number of nitrogens with zero attached hydrogens (tertiary/aromatic N) is 2. The summed E-state index contributed by atoms with van der Waals surface area (Å²) < 4.78 is 4.45. The molecule has 0 heterocycles. The molecule has 0 aliphatic heterocycles. The molecule has 84 valence electrons. The van der Waals surface area contributed by atoms with Crippen LogP contribution in [0.5, 0.6) is 0 Å². The van der Waals surface area contributed by atoms with E-state index in [1.54, 1.807) is 24.3 Å². The van der Waals surface area contributed by atoms with Gasteiger partial charge in [0.2, 0.25) is 6.04 Å². The number of hydrogen-bond acceptors (Lipinski definition) is 5. The van der Waals surface area contributed by atoms with E-state index in [-0.39, 0.29) is 0 Å². The number of methoxy groups -OCH3 is 1. The lowest BCUT2D eigenvalue weighted by Crippen LogP contribution is -2.26. The third-order valence-corrected chi connectivity index (χ3v) is 1.85. The second-order valence-corrected chi connectivity index (χ2v) is 3.09. The highest BCUT2D eigenvalue weighted by atomic mass is 16.5. The van der Waals surface area contributed by atoms with E-state index in [0.717, 1.165) is 0 Å². The molecule has 0 amide bonds. The van der Waals surface area contributed by atoms with Crippen LogP contribution in [0, 0.1) is 0 Å². The molecule has 0 N–H and O–H groups in total. The first-order valence-corrected chi connectivity index (χ1v) is 4.69. The third kappa shape index (κ3) is 3.27. The Bertz CT molecular complexity index is 401. The van der Waals surface area contributed by atoms with Crippen molar-refractivity contribution in [3.8, 4) is 0 Å². The summed E-state index contributed by atoms with van der Waals surface area (Å²) in [5, 5.41) is 7.47. The summed E-state index contributed by atoms with van der Waals surface area (Å²) in [7, 11) is 1.20. The summed E-state index contributed by atoms with van der Waals surface area (Å²) in [6.45, 7) is 1.27. The molecular weight excluding hydrogens is 208 g/mol. The highest BCUT2D eigenvalue weighted by molar-refractivity contribution is 6.01. The van der Waals surface area contributed by atoms with E-state index in [1.165, 1.54) is 14.0 Å². The van der Waals surface area contributed by atoms with Crippen molar-refractivity contribution in [2.45, 2.75) is 13.0 Å². The largest absolute Gasteiger partial charge is 0.467 e. The molecule has 0 fully saturated rings. The summed E-state index contributed by atoms with van der Waals surface area (Å²) in [5.74, 6) is -1.10. The first-order chi connectivity index (χ1) is 7.65. The maximum Gasteiger partial charge on any atom is 0.340 e. The van der Waals surface area contributed by atoms with E-state index in [2.05, 4.69) is 15.0 Å². The summed E-state index contributed by atoms with van der Waals surface area (Å²) >= 11 is 0. The zero-order chi connectivity index (χ0) is 12.0. The molecule has 0 unspecified atom stereocenters. The second kappa shape index (κ2) is 5.75. The number of carbonyl (C=O) groups is 2. The Morgan fingerprint density at radius 1 is 1.25 bits per heavy atom. The normalized spacial score (nSPS) is 12.4. The minimum atomic E-state index is -1.18. The minimum Gasteiger partial charge on any atom is -0.467 e. The van der Waals surface area contributed by atoms with E-state index in [4.69, 9.17) is 0 Å². The molecule has 1 aromatic rings. The van der Waals surface area contributed by atoms with Gasteiger partial charge in [-0.05, 0) is 19.1 Å². The molecule has 0 aliphatic rings. The minimum absolute atomic E-state index is 0.397. The molecule has 0 aromatic heterocycles. The number of azo groups is 1. The van der Waals surface area contributed by atoms with Crippen LogP contribution < -0.4 is 0 Å². The highest BCUT2D eigenvalue weighted by Gasteiger charge is 2.23. The second-order valence-electron chi connectivity index (χ2n) is 3.09. The van der Waals surface area contributed by atoms with Crippen molar-refractivity contribution < 1.29 is 14.3 Å². The Morgan fingerprint density at radius 3 is 2.38 bits per heavy atom. The van der Waals surface area contributed by atoms with Crippen LogP contribution in [0.2, 0.25) is 0 Å². The van der Waals surface area contributed by atoms with Gasteiger partial charge in [-0.2, -0.15) is 10.2 Å². The van der Waals surface area contributed by atoms with Crippen molar-refractivity contribution in [1.82, 2.24) is 0 Å². The standard InChI is InChI=1S/C11H12N2O3/c1-8(14)10(11(15)16-2)13-12-9-6-4-3-5-7-9/h3-7,10H,1-2H3/t10-/m0/s1. The lowest BCUT2D eigenvalue weighted by Gasteiger charge is -2.03. The number of esters is 1. The fourth-order valence-corrected chi connectivity index (χ4v) is 1.03. The van der Waals surface area contributed by atoms with E-state index in [0.29, 0.717) is 5.69 Å². The number of hydrogen-bond donors (Lipinski definition) is 0. The zero-order valence-electron chi connectivity index (χ0n) is 9.08. The molecular formula is C11H12N2O3. The molecule has 5 nitrogen and oxygen atoms in total. The Hall–Kier alpha value is -2.04.